The van der Waals surface area contributed by atoms with Gasteiger partial charge in [-0.15, -0.1) is 0 Å². The van der Waals surface area contributed by atoms with Crippen molar-refractivity contribution in [3.05, 3.63) is 29.3 Å². The van der Waals surface area contributed by atoms with Crippen LogP contribution in [-0.4, -0.2) is 146 Å². The molecular weight excluding hydrogens is 807 g/mol. The van der Waals surface area contributed by atoms with Gasteiger partial charge in [-0.2, -0.15) is 0 Å². The highest BCUT2D eigenvalue weighted by atomic mass is 16.6. The molecule has 5 amide bonds. The van der Waals surface area contributed by atoms with Gasteiger partial charge in [0.25, 0.3) is 11.8 Å². The molecule has 2 aliphatic rings. The summed E-state index contributed by atoms with van der Waals surface area (Å²) in [6.45, 7) is 8.79. The first-order valence-electron chi connectivity index (χ1n) is 22.7. The lowest BCUT2D eigenvalue weighted by atomic mass is 10.0. The number of amides is 5. The van der Waals surface area contributed by atoms with Crippen LogP contribution in [0, 0.1) is 0 Å². The molecule has 0 saturated carbocycles. The van der Waals surface area contributed by atoms with Crippen molar-refractivity contribution in [3.63, 3.8) is 0 Å². The summed E-state index contributed by atoms with van der Waals surface area (Å²) >= 11 is 0. The first-order valence-corrected chi connectivity index (χ1v) is 22.7. The van der Waals surface area contributed by atoms with E-state index in [1.807, 2.05) is 0 Å². The molecule has 0 bridgehead atoms. The summed E-state index contributed by atoms with van der Waals surface area (Å²) in [6, 6.07) is 3.53. The monoisotopic (exact) mass is 877 g/mol. The third-order valence-corrected chi connectivity index (χ3v) is 10.1. The number of unbranched alkanes of at least 4 members (excludes halogenated alkanes) is 10. The second kappa shape index (κ2) is 33.7. The number of nitrogens with zero attached hydrogens (tertiary/aromatic N) is 1. The lowest BCUT2D eigenvalue weighted by molar-refractivity contribution is -0.145. The van der Waals surface area contributed by atoms with E-state index in [0.29, 0.717) is 105 Å². The molecule has 1 aromatic carbocycles. The van der Waals surface area contributed by atoms with E-state index in [1.165, 1.54) is 51.0 Å². The largest absolute Gasteiger partial charge is 0.463 e. The van der Waals surface area contributed by atoms with Crippen LogP contribution in [0.5, 0.6) is 0 Å². The van der Waals surface area contributed by atoms with Gasteiger partial charge in [-0.1, -0.05) is 70.8 Å². The topological polar surface area (TPSA) is 204 Å². The van der Waals surface area contributed by atoms with Crippen LogP contribution >= 0.6 is 0 Å². The van der Waals surface area contributed by atoms with E-state index in [2.05, 4.69) is 17.6 Å². The summed E-state index contributed by atoms with van der Waals surface area (Å²) in [5, 5.41) is 4.91. The van der Waals surface area contributed by atoms with Gasteiger partial charge in [-0.25, -0.2) is 0 Å². The summed E-state index contributed by atoms with van der Waals surface area (Å²) in [5.41, 5.74) is 0.380. The minimum absolute atomic E-state index is 0.0273. The van der Waals surface area contributed by atoms with Gasteiger partial charge in [0.05, 0.1) is 103 Å². The smallest absolute Gasteiger partial charge is 0.305 e. The molecule has 3 rings (SSSR count). The number of anilines is 1. The van der Waals surface area contributed by atoms with Crippen LogP contribution in [0.3, 0.4) is 0 Å². The van der Waals surface area contributed by atoms with E-state index in [1.54, 1.807) is 12.1 Å². The molecule has 0 radical (unpaired) electrons. The van der Waals surface area contributed by atoms with Crippen molar-refractivity contribution in [3.8, 4) is 0 Å². The Kier molecular flexibility index (Phi) is 28.5. The molecule has 62 heavy (non-hydrogen) atoms. The van der Waals surface area contributed by atoms with Crippen molar-refractivity contribution in [1.29, 1.82) is 0 Å². The number of carbonyl (C=O) groups excluding carboxylic acids is 6. The number of nitrogens with one attached hydrogen (secondary N) is 2. The van der Waals surface area contributed by atoms with Crippen molar-refractivity contribution in [2.45, 2.75) is 116 Å². The number of rotatable bonds is 39. The minimum Gasteiger partial charge on any atom is -0.463 e. The van der Waals surface area contributed by atoms with Gasteiger partial charge in [-0.05, 0) is 37.8 Å². The number of benzene rings is 1. The molecular formula is C45H71N3O14. The fourth-order valence-electron chi connectivity index (χ4n) is 6.79. The quantitative estimate of drug-likeness (QED) is 0.0498. The molecule has 1 saturated heterocycles. The fourth-order valence-corrected chi connectivity index (χ4v) is 6.79. The van der Waals surface area contributed by atoms with Crippen LogP contribution in [0.25, 0.3) is 0 Å². The maximum Gasteiger partial charge on any atom is 0.305 e. The fraction of sp³-hybridized carbons (Fsp3) is 0.733. The molecule has 0 aromatic heterocycles. The number of hydrogen-bond donors (Lipinski definition) is 2. The number of fused-ring (bicyclic) bond motifs is 1. The van der Waals surface area contributed by atoms with Crippen molar-refractivity contribution in [2.75, 3.05) is 104 Å². The van der Waals surface area contributed by atoms with E-state index in [0.717, 1.165) is 30.6 Å². The predicted molar refractivity (Wildman–Crippen MR) is 229 cm³/mol. The van der Waals surface area contributed by atoms with E-state index >= 15 is 0 Å². The highest BCUT2D eigenvalue weighted by molar-refractivity contribution is 6.26. The van der Waals surface area contributed by atoms with Crippen LogP contribution in [-0.2, 0) is 57.1 Å². The van der Waals surface area contributed by atoms with Crippen molar-refractivity contribution in [1.82, 2.24) is 10.2 Å². The van der Waals surface area contributed by atoms with Gasteiger partial charge in [-0.3, -0.25) is 39.0 Å². The van der Waals surface area contributed by atoms with E-state index in [-0.39, 0.29) is 54.6 Å². The summed E-state index contributed by atoms with van der Waals surface area (Å²) < 4.78 is 43.8. The Morgan fingerprint density at radius 3 is 1.63 bits per heavy atom. The molecule has 1 atom stereocenters. The van der Waals surface area contributed by atoms with Gasteiger partial charge in [0.15, 0.2) is 0 Å². The summed E-state index contributed by atoms with van der Waals surface area (Å²) in [7, 11) is 0. The Balaban J connectivity index is 1.00. The van der Waals surface area contributed by atoms with Crippen molar-refractivity contribution in [2.24, 2.45) is 0 Å². The van der Waals surface area contributed by atoms with Crippen molar-refractivity contribution < 1.29 is 66.7 Å². The minimum atomic E-state index is -1.07. The molecule has 2 N–H and O–H groups in total. The SMILES string of the molecule is CCCCCCCCCCCC(=O)OCCOCCOCCOCCOCCOCCOCCOCCCCCC(=O)Nc1cccc2c1C(=O)N(C1CCC(=O)NC1=O)C2=O. The molecule has 1 aromatic rings. The van der Waals surface area contributed by atoms with Gasteiger partial charge < -0.3 is 43.2 Å². The molecule has 1 fully saturated rings. The van der Waals surface area contributed by atoms with E-state index in [9.17, 15) is 28.8 Å². The second-order valence-corrected chi connectivity index (χ2v) is 15.1. The lowest BCUT2D eigenvalue weighted by Gasteiger charge is -2.27. The second-order valence-electron chi connectivity index (χ2n) is 15.1. The first-order chi connectivity index (χ1) is 30.3. The molecule has 2 aliphatic heterocycles. The zero-order chi connectivity index (χ0) is 44.5. The Labute approximate surface area is 366 Å². The van der Waals surface area contributed by atoms with Crippen molar-refractivity contribution >= 4 is 41.2 Å². The maximum atomic E-state index is 13.2. The highest BCUT2D eigenvalue weighted by Crippen LogP contribution is 2.32. The molecule has 1 unspecified atom stereocenters. The zero-order valence-corrected chi connectivity index (χ0v) is 36.9. The summed E-state index contributed by atoms with van der Waals surface area (Å²) in [6.07, 6.45) is 13.9. The maximum absolute atomic E-state index is 13.2. The molecule has 0 aliphatic carbocycles. The van der Waals surface area contributed by atoms with Crippen LogP contribution in [0.15, 0.2) is 18.2 Å². The van der Waals surface area contributed by atoms with Gasteiger partial charge in [0.2, 0.25) is 17.7 Å². The molecule has 17 nitrogen and oxygen atoms in total. The lowest BCUT2D eigenvalue weighted by Crippen LogP contribution is -2.54. The first kappa shape index (κ1) is 52.5. The Bertz CT molecular complexity index is 1480. The summed E-state index contributed by atoms with van der Waals surface area (Å²) in [4.78, 5) is 75.4. The third-order valence-electron chi connectivity index (χ3n) is 10.1. The van der Waals surface area contributed by atoms with Crippen LogP contribution in [0.2, 0.25) is 0 Å². The zero-order valence-electron chi connectivity index (χ0n) is 36.9. The summed E-state index contributed by atoms with van der Waals surface area (Å²) in [5.74, 6) is -2.87. The number of imide groups is 2. The number of esters is 1. The number of piperidine rings is 1. The van der Waals surface area contributed by atoms with E-state index in [4.69, 9.17) is 37.9 Å². The molecule has 0 spiro atoms. The Morgan fingerprint density at radius 2 is 1.08 bits per heavy atom. The highest BCUT2D eigenvalue weighted by Gasteiger charge is 2.45. The van der Waals surface area contributed by atoms with Crippen LogP contribution in [0.1, 0.15) is 130 Å². The van der Waals surface area contributed by atoms with Gasteiger partial charge in [0.1, 0.15) is 12.6 Å². The number of ether oxygens (including phenoxy) is 8. The Hall–Kier alpha value is -3.84. The number of hydrogen-bond acceptors (Lipinski definition) is 14. The molecule has 350 valence electrons. The third kappa shape index (κ3) is 22.0. The van der Waals surface area contributed by atoms with Gasteiger partial charge >= 0.3 is 5.97 Å². The Morgan fingerprint density at radius 1 is 0.597 bits per heavy atom. The molecule has 2 heterocycles. The van der Waals surface area contributed by atoms with Crippen LogP contribution < -0.4 is 10.6 Å². The molecule has 17 heteroatoms. The van der Waals surface area contributed by atoms with Gasteiger partial charge in [0, 0.05) is 25.9 Å². The normalized spacial score (nSPS) is 15.0. The number of carbonyl (C=O) groups is 6. The predicted octanol–water partition coefficient (Wildman–Crippen LogP) is 5.17. The van der Waals surface area contributed by atoms with E-state index < -0.39 is 29.7 Å². The average molecular weight is 878 g/mol. The average Bonchev–Trinajstić information content (AvgIpc) is 3.51. The van der Waals surface area contributed by atoms with Crippen LogP contribution in [0.4, 0.5) is 5.69 Å². The standard InChI is InChI=1S/C45H71N3O14/c1-2-3-4-5-6-7-8-9-12-18-41(51)62-35-34-61-33-32-60-31-30-59-29-28-58-27-26-57-25-24-56-23-22-55-21-13-10-11-17-39(49)46-37-16-14-15-36-42(37)45(54)48(44(36)53)38-19-20-40(50)47-43(38)52/h14-16,38H,2-13,17-35H2,1H3,(H,46,49)(H,47,50,52).